The number of hydrogen-bond donors (Lipinski definition) is 0. The topological polar surface area (TPSA) is 29.5 Å². The lowest BCUT2D eigenvalue weighted by molar-refractivity contribution is 0.669. The fraction of sp³-hybridized carbons (Fsp3) is 0. The largest absolute Gasteiger partial charge is 0.456 e. The van der Waals surface area contributed by atoms with Gasteiger partial charge >= 0.3 is 0 Å². The Hall–Kier alpha value is -7.40. The Morgan fingerprint density at radius 2 is 0.966 bits per heavy atom. The Morgan fingerprint density at radius 1 is 0.345 bits per heavy atom. The fourth-order valence-electron chi connectivity index (χ4n) is 8.84. The van der Waals surface area contributed by atoms with E-state index in [1.165, 1.54) is 20.2 Å². The molecule has 3 nitrogen and oxygen atoms in total. The SMILES string of the molecule is c1ccc(-c2c(-c3ccc4oc5ccccc5c4c3)cccc2N(c2cccc(-c3cccc4c3oc3ccccc34)c2)c2ccc3c(c2)sc2ccccc23)cc1. The maximum Gasteiger partial charge on any atom is 0.143 e. The molecule has 0 saturated carbocycles. The predicted molar refractivity (Wildman–Crippen MR) is 245 cm³/mol. The molecule has 4 heteroatoms. The second-order valence-electron chi connectivity index (χ2n) is 14.8. The molecule has 3 aromatic heterocycles. The molecule has 0 fully saturated rings. The first-order valence-corrected chi connectivity index (χ1v) is 20.4. The van der Waals surface area contributed by atoms with E-state index in [4.69, 9.17) is 8.83 Å². The summed E-state index contributed by atoms with van der Waals surface area (Å²) in [5, 5.41) is 7.03. The molecule has 0 aliphatic carbocycles. The zero-order chi connectivity index (χ0) is 38.2. The molecule has 0 N–H and O–H groups in total. The molecule has 3 heterocycles. The van der Waals surface area contributed by atoms with Crippen molar-refractivity contribution >= 4 is 92.4 Å². The summed E-state index contributed by atoms with van der Waals surface area (Å²) in [5.74, 6) is 0. The second-order valence-corrected chi connectivity index (χ2v) is 15.9. The van der Waals surface area contributed by atoms with Gasteiger partial charge in [-0.3, -0.25) is 0 Å². The molecule has 9 aromatic carbocycles. The van der Waals surface area contributed by atoms with Crippen LogP contribution in [0.15, 0.2) is 209 Å². The fourth-order valence-corrected chi connectivity index (χ4v) is 9.98. The molecule has 0 aliphatic heterocycles. The summed E-state index contributed by atoms with van der Waals surface area (Å²) in [7, 11) is 0. The van der Waals surface area contributed by atoms with Crippen LogP contribution in [0.5, 0.6) is 0 Å². The summed E-state index contributed by atoms with van der Waals surface area (Å²) in [6.45, 7) is 0. The van der Waals surface area contributed by atoms with E-state index in [1.54, 1.807) is 0 Å². The lowest BCUT2D eigenvalue weighted by atomic mass is 9.91. The van der Waals surface area contributed by atoms with E-state index in [9.17, 15) is 0 Å². The lowest BCUT2D eigenvalue weighted by Crippen LogP contribution is -2.12. The average Bonchev–Trinajstić information content (AvgIpc) is 3.98. The van der Waals surface area contributed by atoms with Crippen molar-refractivity contribution in [2.45, 2.75) is 0 Å². The second kappa shape index (κ2) is 13.1. The quantitative estimate of drug-likeness (QED) is 0.169. The van der Waals surface area contributed by atoms with Gasteiger partial charge in [0.25, 0.3) is 0 Å². The van der Waals surface area contributed by atoms with Crippen LogP contribution in [-0.4, -0.2) is 0 Å². The number of rotatable bonds is 6. The van der Waals surface area contributed by atoms with Gasteiger partial charge in [0.2, 0.25) is 0 Å². The minimum Gasteiger partial charge on any atom is -0.456 e. The molecule has 0 saturated heterocycles. The lowest BCUT2D eigenvalue weighted by Gasteiger charge is -2.29. The highest BCUT2D eigenvalue weighted by atomic mass is 32.1. The van der Waals surface area contributed by atoms with Crippen LogP contribution in [0, 0.1) is 0 Å². The van der Waals surface area contributed by atoms with Gasteiger partial charge in [-0.2, -0.15) is 0 Å². The van der Waals surface area contributed by atoms with Crippen LogP contribution in [0.4, 0.5) is 17.1 Å². The van der Waals surface area contributed by atoms with Crippen molar-refractivity contribution in [3.05, 3.63) is 200 Å². The summed E-state index contributed by atoms with van der Waals surface area (Å²) < 4.78 is 15.4. The van der Waals surface area contributed by atoms with Crippen LogP contribution in [0.25, 0.3) is 97.4 Å². The molecular weight excluding hydrogens is 727 g/mol. The van der Waals surface area contributed by atoms with Crippen LogP contribution in [0.3, 0.4) is 0 Å². The van der Waals surface area contributed by atoms with Gasteiger partial charge in [-0.25, -0.2) is 0 Å². The van der Waals surface area contributed by atoms with Gasteiger partial charge in [0.15, 0.2) is 0 Å². The third kappa shape index (κ3) is 5.19. The van der Waals surface area contributed by atoms with Crippen LogP contribution < -0.4 is 4.90 Å². The van der Waals surface area contributed by atoms with E-state index >= 15 is 0 Å². The van der Waals surface area contributed by atoms with Gasteiger partial charge in [0.1, 0.15) is 22.3 Å². The number of nitrogens with zero attached hydrogens (tertiary/aromatic N) is 1. The maximum absolute atomic E-state index is 6.56. The number of thiophene rings is 1. The van der Waals surface area contributed by atoms with Crippen LogP contribution in [-0.2, 0) is 0 Å². The first-order chi connectivity index (χ1) is 28.7. The molecule has 0 unspecified atom stereocenters. The van der Waals surface area contributed by atoms with Crippen molar-refractivity contribution < 1.29 is 8.83 Å². The van der Waals surface area contributed by atoms with E-state index in [-0.39, 0.29) is 0 Å². The predicted octanol–water partition coefficient (Wildman–Crippen LogP) is 16.3. The average molecular weight is 760 g/mol. The molecule has 0 amide bonds. The normalized spacial score (nSPS) is 11.8. The minimum atomic E-state index is 0.886. The number of para-hydroxylation sites is 3. The summed E-state index contributed by atoms with van der Waals surface area (Å²) in [4.78, 5) is 2.43. The summed E-state index contributed by atoms with van der Waals surface area (Å²) in [5.41, 5.74) is 13.5. The van der Waals surface area contributed by atoms with Crippen LogP contribution in [0.1, 0.15) is 0 Å². The van der Waals surface area contributed by atoms with Gasteiger partial charge in [-0.1, -0.05) is 140 Å². The van der Waals surface area contributed by atoms with E-state index < -0.39 is 0 Å². The highest BCUT2D eigenvalue weighted by molar-refractivity contribution is 7.25. The third-order valence-corrected chi connectivity index (χ3v) is 12.6. The van der Waals surface area contributed by atoms with Gasteiger partial charge in [-0.15, -0.1) is 11.3 Å². The molecule has 272 valence electrons. The monoisotopic (exact) mass is 759 g/mol. The maximum atomic E-state index is 6.56. The number of fused-ring (bicyclic) bond motifs is 9. The molecule has 58 heavy (non-hydrogen) atoms. The van der Waals surface area contributed by atoms with Crippen molar-refractivity contribution in [1.82, 2.24) is 0 Å². The molecular formula is C54H33NO2S. The summed E-state index contributed by atoms with van der Waals surface area (Å²) >= 11 is 1.84. The van der Waals surface area contributed by atoms with Gasteiger partial charge < -0.3 is 13.7 Å². The van der Waals surface area contributed by atoms with Crippen LogP contribution in [0.2, 0.25) is 0 Å². The van der Waals surface area contributed by atoms with Crippen molar-refractivity contribution in [3.8, 4) is 33.4 Å². The standard InChI is InChI=1S/C54H33NO2S/c1-2-13-34(14-3-1)53-39(36-27-30-50-46(32-36)42-18-5-7-24-48(42)56-50)20-12-23-47(53)55(38-28-29-44-43-19-6-9-26-51(43)58-52(44)33-38)37-16-10-15-35(31-37)40-21-11-22-45-41-17-4-8-25-49(41)57-54(40)45/h1-33H. The summed E-state index contributed by atoms with van der Waals surface area (Å²) in [6.07, 6.45) is 0. The molecule has 12 rings (SSSR count). The van der Waals surface area contributed by atoms with Crippen molar-refractivity contribution in [3.63, 3.8) is 0 Å². The number of furan rings is 2. The van der Waals surface area contributed by atoms with E-state index in [1.807, 2.05) is 35.6 Å². The Balaban J connectivity index is 1.12. The first-order valence-electron chi connectivity index (χ1n) is 19.6. The smallest absolute Gasteiger partial charge is 0.143 e. The number of benzene rings is 9. The molecule has 0 spiro atoms. The molecule has 0 bridgehead atoms. The number of hydrogen-bond acceptors (Lipinski definition) is 4. The van der Waals surface area contributed by atoms with E-state index in [0.29, 0.717) is 0 Å². The van der Waals surface area contributed by atoms with Crippen molar-refractivity contribution in [1.29, 1.82) is 0 Å². The van der Waals surface area contributed by atoms with Gasteiger partial charge in [0.05, 0.1) is 5.69 Å². The Morgan fingerprint density at radius 3 is 1.84 bits per heavy atom. The van der Waals surface area contributed by atoms with Crippen molar-refractivity contribution in [2.75, 3.05) is 4.90 Å². The summed E-state index contributed by atoms with van der Waals surface area (Å²) in [6, 6.07) is 71.7. The number of anilines is 3. The molecule has 0 aliphatic rings. The van der Waals surface area contributed by atoms with E-state index in [2.05, 4.69) is 181 Å². The van der Waals surface area contributed by atoms with Gasteiger partial charge in [0, 0.05) is 64.2 Å². The van der Waals surface area contributed by atoms with E-state index in [0.717, 1.165) is 94.3 Å². The Labute approximate surface area is 338 Å². The highest BCUT2D eigenvalue weighted by Gasteiger charge is 2.23. The molecule has 12 aromatic rings. The molecule has 0 atom stereocenters. The zero-order valence-electron chi connectivity index (χ0n) is 31.2. The first kappa shape index (κ1) is 32.8. The highest BCUT2D eigenvalue weighted by Crippen LogP contribution is 2.48. The van der Waals surface area contributed by atoms with Gasteiger partial charge in [-0.05, 0) is 82.9 Å². The molecule has 0 radical (unpaired) electrons. The Kier molecular flexibility index (Phi) is 7.40. The third-order valence-electron chi connectivity index (χ3n) is 11.5. The van der Waals surface area contributed by atoms with Crippen LogP contribution >= 0.6 is 11.3 Å². The Bertz CT molecular complexity index is 3540. The minimum absolute atomic E-state index is 0.886. The zero-order valence-corrected chi connectivity index (χ0v) is 32.0. The van der Waals surface area contributed by atoms with Crippen molar-refractivity contribution in [2.24, 2.45) is 0 Å².